The average Bonchev–Trinajstić information content (AvgIpc) is 2.53. The molecule has 110 valence electrons. The van der Waals surface area contributed by atoms with Crippen molar-refractivity contribution in [3.8, 4) is 5.75 Å². The van der Waals surface area contributed by atoms with Crippen molar-refractivity contribution < 1.29 is 4.74 Å². The Kier molecular flexibility index (Phi) is 4.06. The Morgan fingerprint density at radius 1 is 1.18 bits per heavy atom. The number of aromatic amines is 1. The number of H-pyrrole nitrogens is 1. The Hall–Kier alpha value is -2.40. The topological polar surface area (TPSA) is 55.0 Å². The largest absolute Gasteiger partial charge is 0.496 e. The van der Waals surface area contributed by atoms with Crippen LogP contribution in [0.3, 0.4) is 0 Å². The third-order valence-corrected chi connectivity index (χ3v) is 3.73. The molecule has 0 spiro atoms. The number of rotatable bonds is 3. The highest BCUT2D eigenvalue weighted by atomic mass is 79.9. The van der Waals surface area contributed by atoms with Crippen molar-refractivity contribution in [2.75, 3.05) is 7.11 Å². The number of hydrogen-bond acceptors (Lipinski definition) is 3. The number of benzene rings is 2. The van der Waals surface area contributed by atoms with Gasteiger partial charge in [0.15, 0.2) is 0 Å². The molecule has 0 unspecified atom stereocenters. The van der Waals surface area contributed by atoms with Crippen molar-refractivity contribution in [3.63, 3.8) is 0 Å². The first-order valence-corrected chi connectivity index (χ1v) is 7.47. The lowest BCUT2D eigenvalue weighted by Crippen LogP contribution is -2.11. The van der Waals surface area contributed by atoms with Crippen LogP contribution in [0, 0.1) is 0 Å². The zero-order valence-electron chi connectivity index (χ0n) is 11.8. The zero-order valence-corrected chi connectivity index (χ0v) is 13.4. The number of para-hydroxylation sites is 2. The van der Waals surface area contributed by atoms with Gasteiger partial charge in [-0.05, 0) is 42.5 Å². The molecule has 5 heteroatoms. The Labute approximate surface area is 135 Å². The molecule has 0 saturated carbocycles. The quantitative estimate of drug-likeness (QED) is 0.774. The van der Waals surface area contributed by atoms with E-state index in [2.05, 4.69) is 25.9 Å². The first-order valence-electron chi connectivity index (χ1n) is 6.68. The van der Waals surface area contributed by atoms with Gasteiger partial charge in [0.1, 0.15) is 11.4 Å². The number of halogens is 1. The maximum Gasteiger partial charge on any atom is 0.274 e. The van der Waals surface area contributed by atoms with Crippen LogP contribution in [0.15, 0.2) is 51.7 Å². The lowest BCUT2D eigenvalue weighted by Gasteiger charge is -2.05. The van der Waals surface area contributed by atoms with E-state index in [4.69, 9.17) is 4.74 Å². The minimum absolute atomic E-state index is 0.219. The fraction of sp³-hybridized carbons (Fsp3) is 0.0588. The molecule has 0 fully saturated rings. The van der Waals surface area contributed by atoms with Crippen LogP contribution >= 0.6 is 15.9 Å². The first kappa shape index (κ1) is 14.5. The van der Waals surface area contributed by atoms with E-state index in [-0.39, 0.29) is 5.56 Å². The van der Waals surface area contributed by atoms with E-state index in [9.17, 15) is 4.79 Å². The average molecular weight is 357 g/mol. The molecule has 0 radical (unpaired) electrons. The molecule has 0 aliphatic rings. The van der Waals surface area contributed by atoms with Gasteiger partial charge in [-0.25, -0.2) is 4.98 Å². The van der Waals surface area contributed by atoms with Crippen molar-refractivity contribution in [1.29, 1.82) is 0 Å². The van der Waals surface area contributed by atoms with Gasteiger partial charge in [-0.3, -0.25) is 4.79 Å². The van der Waals surface area contributed by atoms with E-state index in [0.717, 1.165) is 26.8 Å². The summed E-state index contributed by atoms with van der Waals surface area (Å²) in [5, 5.41) is 0. The summed E-state index contributed by atoms with van der Waals surface area (Å²) in [6.45, 7) is 0. The molecule has 1 heterocycles. The molecule has 4 nitrogen and oxygen atoms in total. The number of ether oxygens (including phenoxy) is 1. The van der Waals surface area contributed by atoms with Crippen LogP contribution in [0.1, 0.15) is 11.3 Å². The molecule has 2 aromatic carbocycles. The van der Waals surface area contributed by atoms with Gasteiger partial charge in [0.05, 0.1) is 18.1 Å². The van der Waals surface area contributed by atoms with Crippen LogP contribution in [-0.2, 0) is 0 Å². The van der Waals surface area contributed by atoms with Crippen LogP contribution in [0.25, 0.3) is 23.2 Å². The number of methoxy groups -OCH3 is 1. The normalized spacial score (nSPS) is 11.2. The van der Waals surface area contributed by atoms with Crippen molar-refractivity contribution >= 4 is 39.1 Å². The summed E-state index contributed by atoms with van der Waals surface area (Å²) in [6, 6.07) is 13.1. The van der Waals surface area contributed by atoms with Gasteiger partial charge < -0.3 is 9.72 Å². The van der Waals surface area contributed by atoms with Gasteiger partial charge in [0, 0.05) is 10.0 Å². The Bertz CT molecular complexity index is 916. The van der Waals surface area contributed by atoms with Crippen LogP contribution in [0.5, 0.6) is 5.75 Å². The van der Waals surface area contributed by atoms with E-state index in [1.165, 1.54) is 0 Å². The predicted octanol–water partition coefficient (Wildman–Crippen LogP) is 3.86. The molecular weight excluding hydrogens is 344 g/mol. The lowest BCUT2D eigenvalue weighted by molar-refractivity contribution is 0.414. The Morgan fingerprint density at radius 2 is 2.00 bits per heavy atom. The van der Waals surface area contributed by atoms with Crippen LogP contribution < -0.4 is 10.3 Å². The molecule has 0 bridgehead atoms. The molecule has 0 amide bonds. The minimum atomic E-state index is -0.219. The summed E-state index contributed by atoms with van der Waals surface area (Å²) in [4.78, 5) is 19.3. The lowest BCUT2D eigenvalue weighted by atomic mass is 10.1. The first-order chi connectivity index (χ1) is 10.7. The molecule has 3 rings (SSSR count). The number of aromatic nitrogens is 2. The number of nitrogens with zero attached hydrogens (tertiary/aromatic N) is 1. The second-order valence-corrected chi connectivity index (χ2v) is 5.60. The van der Waals surface area contributed by atoms with E-state index >= 15 is 0 Å². The Balaban J connectivity index is 2.04. The zero-order chi connectivity index (χ0) is 15.5. The third-order valence-electron chi connectivity index (χ3n) is 3.24. The molecule has 22 heavy (non-hydrogen) atoms. The fourth-order valence-electron chi connectivity index (χ4n) is 2.16. The molecule has 0 aliphatic heterocycles. The second-order valence-electron chi connectivity index (χ2n) is 4.69. The molecular formula is C17H13BrN2O2. The number of nitrogens with one attached hydrogen (secondary N) is 1. The second kappa shape index (κ2) is 6.15. The smallest absolute Gasteiger partial charge is 0.274 e. The third kappa shape index (κ3) is 2.94. The van der Waals surface area contributed by atoms with Gasteiger partial charge in [-0.15, -0.1) is 0 Å². The summed E-state index contributed by atoms with van der Waals surface area (Å²) in [5.41, 5.74) is 2.49. The van der Waals surface area contributed by atoms with E-state index < -0.39 is 0 Å². The van der Waals surface area contributed by atoms with Gasteiger partial charge >= 0.3 is 0 Å². The molecule has 1 aromatic heterocycles. The van der Waals surface area contributed by atoms with Gasteiger partial charge in [-0.1, -0.05) is 28.1 Å². The molecule has 0 aliphatic carbocycles. The molecule has 0 saturated heterocycles. The van der Waals surface area contributed by atoms with Crippen molar-refractivity contribution in [3.05, 3.63) is 68.5 Å². The maximum absolute atomic E-state index is 12.1. The van der Waals surface area contributed by atoms with Crippen molar-refractivity contribution in [2.45, 2.75) is 0 Å². The minimum Gasteiger partial charge on any atom is -0.496 e. The summed E-state index contributed by atoms with van der Waals surface area (Å²) in [6.07, 6.45) is 3.51. The highest BCUT2D eigenvalue weighted by Crippen LogP contribution is 2.24. The van der Waals surface area contributed by atoms with Gasteiger partial charge in [-0.2, -0.15) is 0 Å². The summed E-state index contributed by atoms with van der Waals surface area (Å²) in [7, 11) is 1.61. The summed E-state index contributed by atoms with van der Waals surface area (Å²) < 4.78 is 6.25. The SMILES string of the molecule is COc1ccc(Br)cc1/C=C/c1nc2ccccc2[nH]c1=O. The van der Waals surface area contributed by atoms with Gasteiger partial charge in [0.2, 0.25) is 0 Å². The highest BCUT2D eigenvalue weighted by molar-refractivity contribution is 9.10. The van der Waals surface area contributed by atoms with Crippen molar-refractivity contribution in [2.24, 2.45) is 0 Å². The standard InChI is InChI=1S/C17H13BrN2O2/c1-22-16-9-7-12(18)10-11(16)6-8-15-17(21)20-14-5-3-2-4-13(14)19-15/h2-10H,1H3,(H,20,21)/b8-6+. The highest BCUT2D eigenvalue weighted by Gasteiger charge is 2.03. The number of hydrogen-bond donors (Lipinski definition) is 1. The van der Waals surface area contributed by atoms with Crippen LogP contribution in [0.4, 0.5) is 0 Å². The van der Waals surface area contributed by atoms with Crippen LogP contribution in [-0.4, -0.2) is 17.1 Å². The van der Waals surface area contributed by atoms with E-state index in [1.807, 2.05) is 48.5 Å². The van der Waals surface area contributed by atoms with Crippen LogP contribution in [0.2, 0.25) is 0 Å². The fourth-order valence-corrected chi connectivity index (χ4v) is 2.54. The number of fused-ring (bicyclic) bond motifs is 1. The monoisotopic (exact) mass is 356 g/mol. The maximum atomic E-state index is 12.1. The summed E-state index contributed by atoms with van der Waals surface area (Å²) >= 11 is 3.43. The van der Waals surface area contributed by atoms with Crippen molar-refractivity contribution in [1.82, 2.24) is 9.97 Å². The molecule has 1 N–H and O–H groups in total. The predicted molar refractivity (Wildman–Crippen MR) is 92.0 cm³/mol. The molecule has 0 atom stereocenters. The van der Waals surface area contributed by atoms with Gasteiger partial charge in [0.25, 0.3) is 5.56 Å². The Morgan fingerprint density at radius 3 is 2.82 bits per heavy atom. The van der Waals surface area contributed by atoms with E-state index in [0.29, 0.717) is 5.69 Å². The summed E-state index contributed by atoms with van der Waals surface area (Å²) in [5.74, 6) is 0.733. The van der Waals surface area contributed by atoms with E-state index in [1.54, 1.807) is 13.2 Å². The molecule has 3 aromatic rings.